The van der Waals surface area contributed by atoms with Crippen LogP contribution in [0.4, 0.5) is 5.69 Å². The monoisotopic (exact) mass is 222 g/mol. The van der Waals surface area contributed by atoms with Gasteiger partial charge >= 0.3 is 0 Å². The number of Topliss-reactive ketones (excluding diaryl/α,β-unsaturated/α-hetero) is 1. The van der Waals surface area contributed by atoms with E-state index in [4.69, 9.17) is 0 Å². The van der Waals surface area contributed by atoms with Crippen LogP contribution in [0.3, 0.4) is 0 Å². The van der Waals surface area contributed by atoms with Gasteiger partial charge in [-0.1, -0.05) is 12.1 Å². The van der Waals surface area contributed by atoms with Crippen LogP contribution >= 0.6 is 0 Å². The maximum absolute atomic E-state index is 11.2. The number of likely N-dealkylation sites (N-methyl/N-ethyl adjacent to an activating group) is 1. The van der Waals surface area contributed by atoms with Crippen molar-refractivity contribution in [2.45, 2.75) is 19.4 Å². The maximum atomic E-state index is 11.2. The molecule has 1 aromatic carbocycles. The van der Waals surface area contributed by atoms with E-state index >= 15 is 0 Å². The Morgan fingerprint density at radius 2 is 2.00 bits per heavy atom. The molecular weight excluding hydrogens is 208 g/mol. The van der Waals surface area contributed by atoms with Crippen LogP contribution < -0.4 is 5.32 Å². The molecule has 0 bridgehead atoms. The van der Waals surface area contributed by atoms with Gasteiger partial charge < -0.3 is 5.32 Å². The molecule has 0 saturated heterocycles. The van der Waals surface area contributed by atoms with E-state index < -0.39 is 4.92 Å². The van der Waals surface area contributed by atoms with Crippen LogP contribution in [0.5, 0.6) is 0 Å². The molecule has 0 heterocycles. The number of hydrogen-bond donors (Lipinski definition) is 1. The minimum Gasteiger partial charge on any atom is -0.310 e. The Bertz CT molecular complexity index is 387. The number of nitro benzene ring substituents is 1. The van der Waals surface area contributed by atoms with Crippen molar-refractivity contribution >= 4 is 11.5 Å². The van der Waals surface area contributed by atoms with Crippen LogP contribution in [0.15, 0.2) is 24.3 Å². The average Bonchev–Trinajstić information content (AvgIpc) is 2.26. The molecule has 0 aliphatic carbocycles. The van der Waals surface area contributed by atoms with Crippen LogP contribution in [0, 0.1) is 10.1 Å². The Hall–Kier alpha value is -1.75. The summed E-state index contributed by atoms with van der Waals surface area (Å²) in [5.41, 5.74) is 0.965. The lowest BCUT2D eigenvalue weighted by molar-refractivity contribution is -0.384. The molecule has 0 radical (unpaired) electrons. The van der Waals surface area contributed by atoms with E-state index in [2.05, 4.69) is 5.32 Å². The number of rotatable bonds is 5. The molecule has 5 nitrogen and oxygen atoms in total. The number of carbonyl (C=O) groups excluding carboxylic acids is 1. The molecule has 1 aromatic rings. The number of nitro groups is 1. The van der Waals surface area contributed by atoms with Crippen molar-refractivity contribution in [2.24, 2.45) is 0 Å². The predicted octanol–water partition coefficient (Wildman–Crippen LogP) is 1.31. The number of carbonyl (C=O) groups is 1. The van der Waals surface area contributed by atoms with E-state index in [1.165, 1.54) is 19.1 Å². The number of nitrogens with zero attached hydrogens (tertiary/aromatic N) is 1. The minimum absolute atomic E-state index is 0.0563. The highest BCUT2D eigenvalue weighted by molar-refractivity contribution is 5.81. The van der Waals surface area contributed by atoms with Crippen LogP contribution in [0.1, 0.15) is 12.5 Å². The smallest absolute Gasteiger partial charge is 0.269 e. The van der Waals surface area contributed by atoms with Gasteiger partial charge in [0.05, 0.1) is 11.0 Å². The van der Waals surface area contributed by atoms with E-state index in [1.54, 1.807) is 19.2 Å². The molecule has 5 heteroatoms. The number of ketones is 1. The van der Waals surface area contributed by atoms with Gasteiger partial charge in [-0.15, -0.1) is 0 Å². The summed E-state index contributed by atoms with van der Waals surface area (Å²) >= 11 is 0. The lowest BCUT2D eigenvalue weighted by Crippen LogP contribution is -2.34. The maximum Gasteiger partial charge on any atom is 0.269 e. The van der Waals surface area contributed by atoms with Crippen LogP contribution in [-0.4, -0.2) is 23.8 Å². The Morgan fingerprint density at radius 3 is 2.38 bits per heavy atom. The second-order valence-electron chi connectivity index (χ2n) is 3.58. The molecule has 1 N–H and O–H groups in total. The average molecular weight is 222 g/mol. The first-order valence-electron chi connectivity index (χ1n) is 4.95. The first kappa shape index (κ1) is 12.3. The van der Waals surface area contributed by atoms with Gasteiger partial charge in [0, 0.05) is 12.1 Å². The van der Waals surface area contributed by atoms with Gasteiger partial charge in [-0.25, -0.2) is 0 Å². The van der Waals surface area contributed by atoms with Gasteiger partial charge in [0.15, 0.2) is 0 Å². The van der Waals surface area contributed by atoms with Crippen molar-refractivity contribution in [3.8, 4) is 0 Å². The summed E-state index contributed by atoms with van der Waals surface area (Å²) < 4.78 is 0. The van der Waals surface area contributed by atoms with Crippen molar-refractivity contribution in [3.05, 3.63) is 39.9 Å². The van der Waals surface area contributed by atoms with Crippen molar-refractivity contribution in [3.63, 3.8) is 0 Å². The Morgan fingerprint density at radius 1 is 1.44 bits per heavy atom. The fourth-order valence-electron chi connectivity index (χ4n) is 1.44. The first-order chi connectivity index (χ1) is 7.54. The van der Waals surface area contributed by atoms with Crippen LogP contribution in [0.25, 0.3) is 0 Å². The third-order valence-electron chi connectivity index (χ3n) is 2.43. The molecule has 0 saturated carbocycles. The Labute approximate surface area is 93.6 Å². The molecule has 0 aliphatic heterocycles. The number of benzene rings is 1. The van der Waals surface area contributed by atoms with Crippen LogP contribution in [-0.2, 0) is 11.2 Å². The molecule has 0 aliphatic rings. The lowest BCUT2D eigenvalue weighted by atomic mass is 10.0. The zero-order chi connectivity index (χ0) is 12.1. The molecule has 0 aromatic heterocycles. The molecule has 0 spiro atoms. The van der Waals surface area contributed by atoms with Crippen molar-refractivity contribution in [1.82, 2.24) is 5.32 Å². The highest BCUT2D eigenvalue weighted by Gasteiger charge is 2.12. The van der Waals surface area contributed by atoms with Gasteiger partial charge in [-0.05, 0) is 26.0 Å². The fraction of sp³-hybridized carbons (Fsp3) is 0.364. The van der Waals surface area contributed by atoms with E-state index in [0.29, 0.717) is 6.42 Å². The Kier molecular flexibility index (Phi) is 4.13. The van der Waals surface area contributed by atoms with Crippen molar-refractivity contribution < 1.29 is 9.72 Å². The fourth-order valence-corrected chi connectivity index (χ4v) is 1.44. The number of non-ortho nitro benzene ring substituents is 1. The van der Waals surface area contributed by atoms with Gasteiger partial charge in [-0.3, -0.25) is 14.9 Å². The second kappa shape index (κ2) is 5.37. The van der Waals surface area contributed by atoms with Gasteiger partial charge in [0.25, 0.3) is 5.69 Å². The number of nitrogens with one attached hydrogen (secondary N) is 1. The summed E-state index contributed by atoms with van der Waals surface area (Å²) in [7, 11) is 1.72. The van der Waals surface area contributed by atoms with Gasteiger partial charge in [0.1, 0.15) is 5.78 Å². The summed E-state index contributed by atoms with van der Waals surface area (Å²) in [6, 6.07) is 6.00. The minimum atomic E-state index is -0.440. The predicted molar refractivity (Wildman–Crippen MR) is 60.3 cm³/mol. The third kappa shape index (κ3) is 3.13. The zero-order valence-corrected chi connectivity index (χ0v) is 9.27. The Balaban J connectivity index is 2.75. The summed E-state index contributed by atoms with van der Waals surface area (Å²) in [6.07, 6.45) is 0.545. The highest BCUT2D eigenvalue weighted by Crippen LogP contribution is 2.13. The SMILES string of the molecule is CN[C@@H](Cc1ccc([N+](=O)[O-])cc1)C(C)=O. The van der Waals surface area contributed by atoms with E-state index in [-0.39, 0.29) is 17.5 Å². The molecule has 1 atom stereocenters. The molecule has 0 fully saturated rings. The third-order valence-corrected chi connectivity index (χ3v) is 2.43. The largest absolute Gasteiger partial charge is 0.310 e. The van der Waals surface area contributed by atoms with E-state index in [0.717, 1.165) is 5.56 Å². The first-order valence-corrected chi connectivity index (χ1v) is 4.95. The normalized spacial score (nSPS) is 12.1. The molecule has 86 valence electrons. The highest BCUT2D eigenvalue weighted by atomic mass is 16.6. The van der Waals surface area contributed by atoms with Gasteiger partial charge in [-0.2, -0.15) is 0 Å². The lowest BCUT2D eigenvalue weighted by Gasteiger charge is -2.12. The standard InChI is InChI=1S/C11H14N2O3/c1-8(14)11(12-2)7-9-3-5-10(6-4-9)13(15)16/h3-6,11-12H,7H2,1-2H3/t11-/m0/s1. The van der Waals surface area contributed by atoms with Gasteiger partial charge in [0.2, 0.25) is 0 Å². The molecule has 0 unspecified atom stereocenters. The number of hydrogen-bond acceptors (Lipinski definition) is 4. The second-order valence-corrected chi connectivity index (χ2v) is 3.58. The quantitative estimate of drug-likeness (QED) is 0.602. The zero-order valence-electron chi connectivity index (χ0n) is 9.27. The van der Waals surface area contributed by atoms with E-state index in [9.17, 15) is 14.9 Å². The topological polar surface area (TPSA) is 72.2 Å². The van der Waals surface area contributed by atoms with Crippen molar-refractivity contribution in [1.29, 1.82) is 0 Å². The van der Waals surface area contributed by atoms with E-state index in [1.807, 2.05) is 0 Å². The summed E-state index contributed by atoms with van der Waals surface area (Å²) in [5.74, 6) is 0.0563. The van der Waals surface area contributed by atoms with Crippen LogP contribution in [0.2, 0.25) is 0 Å². The molecule has 16 heavy (non-hydrogen) atoms. The molecule has 0 amide bonds. The molecule has 1 rings (SSSR count). The summed E-state index contributed by atoms with van der Waals surface area (Å²) in [6.45, 7) is 1.52. The summed E-state index contributed by atoms with van der Waals surface area (Å²) in [4.78, 5) is 21.2. The molecular formula is C11H14N2O3. The summed E-state index contributed by atoms with van der Waals surface area (Å²) in [5, 5.41) is 13.3. The van der Waals surface area contributed by atoms with Crippen molar-refractivity contribution in [2.75, 3.05) is 7.05 Å².